The molecule has 0 aliphatic carbocycles. The minimum absolute atomic E-state index is 0.280. The number of ketones is 1. The number of unbranched alkanes of at least 4 members (excludes halogenated alkanes) is 1. The molecule has 1 N–H and O–H groups in total. The van der Waals surface area contributed by atoms with E-state index in [9.17, 15) is 4.79 Å². The Labute approximate surface area is 87.7 Å². The molecule has 0 fully saturated rings. The normalized spacial score (nSPS) is 12.8. The molecule has 1 atom stereocenters. The highest BCUT2D eigenvalue weighted by atomic mass is 16.2. The smallest absolute Gasteiger partial charge is 0.129 e. The summed E-state index contributed by atoms with van der Waals surface area (Å²) < 4.78 is 0. The van der Waals surface area contributed by atoms with Crippen LogP contribution in [0.5, 0.6) is 0 Å². The fourth-order valence-electron chi connectivity index (χ4n) is 1.71. The van der Waals surface area contributed by atoms with Crippen LogP contribution in [0.4, 0.5) is 0 Å². The molecule has 2 heteroatoms. The van der Waals surface area contributed by atoms with Crippen LogP contribution < -0.4 is 0 Å². The van der Waals surface area contributed by atoms with Gasteiger partial charge in [-0.3, -0.25) is 0 Å². The fourth-order valence-corrected chi connectivity index (χ4v) is 1.71. The molecule has 1 unspecified atom stereocenters. The van der Waals surface area contributed by atoms with E-state index >= 15 is 0 Å². The lowest BCUT2D eigenvalue weighted by Gasteiger charge is -2.14. The van der Waals surface area contributed by atoms with E-state index in [4.69, 9.17) is 5.11 Å². The first-order valence-corrected chi connectivity index (χ1v) is 5.81. The Kier molecular flexibility index (Phi) is 8.95. The molecular formula is C12H24O2. The number of aliphatic hydroxyl groups excluding tert-OH is 1. The van der Waals surface area contributed by atoms with Gasteiger partial charge in [-0.1, -0.05) is 26.2 Å². The van der Waals surface area contributed by atoms with Gasteiger partial charge in [-0.25, -0.2) is 0 Å². The summed E-state index contributed by atoms with van der Waals surface area (Å²) >= 11 is 0. The first-order valence-electron chi connectivity index (χ1n) is 5.81. The molecule has 0 spiro atoms. The maximum absolute atomic E-state index is 10.8. The van der Waals surface area contributed by atoms with Gasteiger partial charge >= 0.3 is 0 Å². The summed E-state index contributed by atoms with van der Waals surface area (Å²) in [4.78, 5) is 10.8. The first-order chi connectivity index (χ1) is 6.70. The van der Waals surface area contributed by atoms with Crippen LogP contribution in [-0.2, 0) is 4.79 Å². The topological polar surface area (TPSA) is 37.3 Å². The predicted octanol–water partition coefficient (Wildman–Crippen LogP) is 2.93. The van der Waals surface area contributed by atoms with E-state index in [0.29, 0.717) is 12.3 Å². The average molecular weight is 200 g/mol. The van der Waals surface area contributed by atoms with E-state index in [2.05, 4.69) is 6.92 Å². The second kappa shape index (κ2) is 9.20. The summed E-state index contributed by atoms with van der Waals surface area (Å²) in [5.41, 5.74) is 0. The quantitative estimate of drug-likeness (QED) is 0.621. The Morgan fingerprint density at radius 2 is 1.86 bits per heavy atom. The van der Waals surface area contributed by atoms with Crippen LogP contribution in [-0.4, -0.2) is 17.5 Å². The van der Waals surface area contributed by atoms with Crippen molar-refractivity contribution in [2.24, 2.45) is 5.92 Å². The summed E-state index contributed by atoms with van der Waals surface area (Å²) in [5.74, 6) is 0.932. The van der Waals surface area contributed by atoms with Gasteiger partial charge in [0.05, 0.1) is 0 Å². The van der Waals surface area contributed by atoms with Gasteiger partial charge in [0.1, 0.15) is 5.78 Å². The number of hydrogen-bond donors (Lipinski definition) is 1. The van der Waals surface area contributed by atoms with E-state index in [-0.39, 0.29) is 12.4 Å². The van der Waals surface area contributed by atoms with Crippen molar-refractivity contribution in [3.8, 4) is 0 Å². The summed E-state index contributed by atoms with van der Waals surface area (Å²) in [6, 6.07) is 0. The van der Waals surface area contributed by atoms with Crippen molar-refractivity contribution < 1.29 is 9.90 Å². The third-order valence-electron chi connectivity index (χ3n) is 2.64. The summed E-state index contributed by atoms with van der Waals surface area (Å²) in [6.45, 7) is 4.12. The molecule has 2 nitrogen and oxygen atoms in total. The van der Waals surface area contributed by atoms with E-state index in [0.717, 1.165) is 19.3 Å². The molecular weight excluding hydrogens is 176 g/mol. The zero-order valence-electron chi connectivity index (χ0n) is 9.59. The van der Waals surface area contributed by atoms with Crippen LogP contribution in [0.15, 0.2) is 0 Å². The predicted molar refractivity (Wildman–Crippen MR) is 59.2 cm³/mol. The summed E-state index contributed by atoms with van der Waals surface area (Å²) in [6.07, 6.45) is 7.35. The molecule has 0 bridgehead atoms. The van der Waals surface area contributed by atoms with Gasteiger partial charge in [-0.05, 0) is 32.1 Å². The number of aliphatic hydroxyl groups is 1. The SMILES string of the molecule is CCCCC(CCCO)CCC(C)=O. The van der Waals surface area contributed by atoms with E-state index in [1.807, 2.05) is 0 Å². The highest BCUT2D eigenvalue weighted by molar-refractivity contribution is 5.75. The Bertz CT molecular complexity index is 135. The van der Waals surface area contributed by atoms with Crippen molar-refractivity contribution >= 4 is 5.78 Å². The van der Waals surface area contributed by atoms with Crippen LogP contribution in [0.3, 0.4) is 0 Å². The minimum Gasteiger partial charge on any atom is -0.396 e. The molecule has 0 rings (SSSR count). The van der Waals surface area contributed by atoms with Crippen molar-refractivity contribution in [3.63, 3.8) is 0 Å². The largest absolute Gasteiger partial charge is 0.396 e. The van der Waals surface area contributed by atoms with Crippen molar-refractivity contribution in [1.29, 1.82) is 0 Å². The Hall–Kier alpha value is -0.370. The lowest BCUT2D eigenvalue weighted by molar-refractivity contribution is -0.117. The zero-order valence-corrected chi connectivity index (χ0v) is 9.59. The molecule has 0 aromatic heterocycles. The monoisotopic (exact) mass is 200 g/mol. The Morgan fingerprint density at radius 3 is 2.36 bits per heavy atom. The van der Waals surface area contributed by atoms with Gasteiger partial charge in [0.2, 0.25) is 0 Å². The number of hydrogen-bond acceptors (Lipinski definition) is 2. The maximum Gasteiger partial charge on any atom is 0.129 e. The van der Waals surface area contributed by atoms with Crippen molar-refractivity contribution in [1.82, 2.24) is 0 Å². The van der Waals surface area contributed by atoms with Crippen molar-refractivity contribution in [2.45, 2.75) is 58.8 Å². The molecule has 0 saturated heterocycles. The van der Waals surface area contributed by atoms with Crippen LogP contribution in [0.25, 0.3) is 0 Å². The zero-order chi connectivity index (χ0) is 10.8. The molecule has 14 heavy (non-hydrogen) atoms. The lowest BCUT2D eigenvalue weighted by atomic mass is 9.91. The molecule has 0 saturated carbocycles. The van der Waals surface area contributed by atoms with Gasteiger partial charge < -0.3 is 9.90 Å². The van der Waals surface area contributed by atoms with Gasteiger partial charge in [-0.15, -0.1) is 0 Å². The van der Waals surface area contributed by atoms with Crippen LogP contribution in [0.1, 0.15) is 58.8 Å². The molecule has 0 aliphatic rings. The number of carbonyl (C=O) groups excluding carboxylic acids is 1. The van der Waals surface area contributed by atoms with Crippen LogP contribution >= 0.6 is 0 Å². The van der Waals surface area contributed by atoms with Crippen molar-refractivity contribution in [3.05, 3.63) is 0 Å². The van der Waals surface area contributed by atoms with E-state index in [1.165, 1.54) is 19.3 Å². The van der Waals surface area contributed by atoms with Gasteiger partial charge in [0.25, 0.3) is 0 Å². The van der Waals surface area contributed by atoms with Gasteiger partial charge in [-0.2, -0.15) is 0 Å². The Morgan fingerprint density at radius 1 is 1.21 bits per heavy atom. The highest BCUT2D eigenvalue weighted by Crippen LogP contribution is 2.20. The molecule has 0 aliphatic heterocycles. The summed E-state index contributed by atoms with van der Waals surface area (Å²) in [5, 5.41) is 8.75. The second-order valence-electron chi connectivity index (χ2n) is 4.11. The standard InChI is InChI=1S/C12H24O2/c1-3-4-6-12(7-5-10-13)9-8-11(2)14/h12-13H,3-10H2,1-2H3. The Balaban J connectivity index is 3.65. The molecule has 0 radical (unpaired) electrons. The van der Waals surface area contributed by atoms with Gasteiger partial charge in [0.15, 0.2) is 0 Å². The molecule has 0 heterocycles. The maximum atomic E-state index is 10.8. The average Bonchev–Trinajstić information content (AvgIpc) is 2.16. The molecule has 0 aromatic carbocycles. The molecule has 0 aromatic rings. The van der Waals surface area contributed by atoms with Gasteiger partial charge in [0, 0.05) is 13.0 Å². The second-order valence-corrected chi connectivity index (χ2v) is 4.11. The number of rotatable bonds is 9. The lowest BCUT2D eigenvalue weighted by Crippen LogP contribution is -2.04. The molecule has 0 amide bonds. The van der Waals surface area contributed by atoms with Crippen LogP contribution in [0, 0.1) is 5.92 Å². The number of carbonyl (C=O) groups is 1. The highest BCUT2D eigenvalue weighted by Gasteiger charge is 2.08. The summed E-state index contributed by atoms with van der Waals surface area (Å²) in [7, 11) is 0. The molecule has 84 valence electrons. The number of Topliss-reactive ketones (excluding diaryl/α,β-unsaturated/α-hetero) is 1. The minimum atomic E-state index is 0.280. The van der Waals surface area contributed by atoms with Crippen LogP contribution in [0.2, 0.25) is 0 Å². The third kappa shape index (κ3) is 8.24. The van der Waals surface area contributed by atoms with E-state index in [1.54, 1.807) is 6.92 Å². The first kappa shape index (κ1) is 13.6. The third-order valence-corrected chi connectivity index (χ3v) is 2.64. The fraction of sp³-hybridized carbons (Fsp3) is 0.917. The van der Waals surface area contributed by atoms with Crippen molar-refractivity contribution in [2.75, 3.05) is 6.61 Å². The van der Waals surface area contributed by atoms with E-state index < -0.39 is 0 Å².